The Morgan fingerprint density at radius 3 is 2.82 bits per heavy atom. The van der Waals surface area contributed by atoms with E-state index in [9.17, 15) is 4.79 Å². The van der Waals surface area contributed by atoms with Crippen molar-refractivity contribution in [3.05, 3.63) is 45.1 Å². The first kappa shape index (κ1) is 12.1. The lowest BCUT2D eigenvalue weighted by Gasteiger charge is -2.07. The topological polar surface area (TPSA) is 55.1 Å². The Hall–Kier alpha value is -1.33. The van der Waals surface area contributed by atoms with Gasteiger partial charge in [0, 0.05) is 5.69 Å². The molecule has 0 aliphatic heterocycles. The van der Waals surface area contributed by atoms with Crippen LogP contribution in [0.25, 0.3) is 5.69 Å². The van der Waals surface area contributed by atoms with Gasteiger partial charge in [-0.25, -0.2) is 9.48 Å². The summed E-state index contributed by atoms with van der Waals surface area (Å²) in [5.74, 6) is -1.05. The van der Waals surface area contributed by atoms with E-state index in [-0.39, 0.29) is 5.69 Å². The van der Waals surface area contributed by atoms with Crippen molar-refractivity contribution in [2.45, 2.75) is 6.92 Å². The summed E-state index contributed by atoms with van der Waals surface area (Å²) in [7, 11) is 0. The van der Waals surface area contributed by atoms with Gasteiger partial charge < -0.3 is 5.11 Å². The summed E-state index contributed by atoms with van der Waals surface area (Å²) < 4.78 is 2.23. The zero-order valence-electron chi connectivity index (χ0n) is 8.82. The molecular formula is C11H8BrClN2O2. The van der Waals surface area contributed by atoms with Crippen LogP contribution in [-0.2, 0) is 0 Å². The molecule has 0 amide bonds. The van der Waals surface area contributed by atoms with Crippen molar-refractivity contribution in [2.24, 2.45) is 0 Å². The minimum atomic E-state index is -1.05. The normalized spacial score (nSPS) is 10.5. The van der Waals surface area contributed by atoms with Gasteiger partial charge in [-0.1, -0.05) is 17.7 Å². The number of aromatic nitrogens is 2. The van der Waals surface area contributed by atoms with Crippen LogP contribution in [0.15, 0.2) is 28.7 Å². The van der Waals surface area contributed by atoms with E-state index in [1.54, 1.807) is 23.7 Å². The van der Waals surface area contributed by atoms with Crippen molar-refractivity contribution in [3.8, 4) is 5.69 Å². The Morgan fingerprint density at radius 1 is 1.53 bits per heavy atom. The number of benzene rings is 1. The number of carboxylic acids is 1. The molecule has 0 unspecified atom stereocenters. The van der Waals surface area contributed by atoms with Crippen LogP contribution in [-0.4, -0.2) is 20.9 Å². The highest BCUT2D eigenvalue weighted by Gasteiger charge is 2.14. The van der Waals surface area contributed by atoms with Crippen LogP contribution in [0.4, 0.5) is 0 Å². The lowest BCUT2D eigenvalue weighted by atomic mass is 10.3. The number of hydrogen-bond donors (Lipinski definition) is 1. The fraction of sp³-hybridized carbons (Fsp3) is 0.0909. The van der Waals surface area contributed by atoms with Crippen LogP contribution < -0.4 is 0 Å². The van der Waals surface area contributed by atoms with Crippen molar-refractivity contribution < 1.29 is 9.90 Å². The number of halogens is 2. The molecule has 0 bridgehead atoms. The number of aromatic carboxylic acids is 1. The Kier molecular flexibility index (Phi) is 3.22. The van der Waals surface area contributed by atoms with Crippen LogP contribution in [0, 0.1) is 6.92 Å². The predicted octanol–water partition coefficient (Wildman–Crippen LogP) is 3.29. The Balaban J connectivity index is 2.60. The Labute approximate surface area is 111 Å². The summed E-state index contributed by atoms with van der Waals surface area (Å²) in [6.07, 6.45) is 0. The highest BCUT2D eigenvalue weighted by Crippen LogP contribution is 2.29. The van der Waals surface area contributed by atoms with Crippen molar-refractivity contribution in [2.75, 3.05) is 0 Å². The minimum Gasteiger partial charge on any atom is -0.476 e. The number of rotatable bonds is 2. The van der Waals surface area contributed by atoms with Gasteiger partial charge in [0.25, 0.3) is 0 Å². The lowest BCUT2D eigenvalue weighted by Crippen LogP contribution is -2.03. The van der Waals surface area contributed by atoms with Crippen LogP contribution in [0.3, 0.4) is 0 Å². The van der Waals surface area contributed by atoms with Gasteiger partial charge in [0.1, 0.15) is 0 Å². The quantitative estimate of drug-likeness (QED) is 0.925. The first-order chi connectivity index (χ1) is 8.00. The lowest BCUT2D eigenvalue weighted by molar-refractivity contribution is 0.0690. The van der Waals surface area contributed by atoms with Gasteiger partial charge in [0.05, 0.1) is 15.2 Å². The van der Waals surface area contributed by atoms with Gasteiger partial charge in [-0.05, 0) is 41.1 Å². The number of carboxylic acid groups (broad SMARTS) is 1. The smallest absolute Gasteiger partial charge is 0.356 e. The van der Waals surface area contributed by atoms with E-state index in [2.05, 4.69) is 21.0 Å². The standard InChI is InChI=1S/C11H8BrClN2O2/c1-6-5-8(11(16)17)14-15(6)9-4-2-3-7(13)10(9)12/h2-5H,1H3,(H,16,17). The zero-order valence-corrected chi connectivity index (χ0v) is 11.2. The molecule has 0 spiro atoms. The summed E-state index contributed by atoms with van der Waals surface area (Å²) in [6, 6.07) is 6.84. The van der Waals surface area contributed by atoms with E-state index in [1.807, 2.05) is 6.07 Å². The average molecular weight is 316 g/mol. The zero-order chi connectivity index (χ0) is 12.6. The predicted molar refractivity (Wildman–Crippen MR) is 68.0 cm³/mol. The molecule has 1 N–H and O–H groups in total. The molecule has 4 nitrogen and oxygen atoms in total. The van der Waals surface area contributed by atoms with Crippen molar-refractivity contribution in [3.63, 3.8) is 0 Å². The molecule has 2 aromatic rings. The molecule has 6 heteroatoms. The molecule has 0 radical (unpaired) electrons. The molecule has 0 aliphatic carbocycles. The van der Waals surface area contributed by atoms with Gasteiger partial charge in [0.2, 0.25) is 0 Å². The third kappa shape index (κ3) is 2.21. The molecule has 0 aliphatic rings. The number of carbonyl (C=O) groups is 1. The molecular weight excluding hydrogens is 307 g/mol. The van der Waals surface area contributed by atoms with Crippen molar-refractivity contribution >= 4 is 33.5 Å². The maximum atomic E-state index is 10.8. The van der Waals surface area contributed by atoms with Gasteiger partial charge in [0.15, 0.2) is 5.69 Å². The third-order valence-electron chi connectivity index (χ3n) is 2.27. The molecule has 2 rings (SSSR count). The Bertz CT molecular complexity index is 595. The molecule has 0 fully saturated rings. The summed E-state index contributed by atoms with van der Waals surface area (Å²) >= 11 is 9.34. The van der Waals surface area contributed by atoms with E-state index >= 15 is 0 Å². The molecule has 1 aromatic heterocycles. The van der Waals surface area contributed by atoms with Crippen molar-refractivity contribution in [1.82, 2.24) is 9.78 Å². The number of hydrogen-bond acceptors (Lipinski definition) is 2. The van der Waals surface area contributed by atoms with E-state index in [0.29, 0.717) is 15.2 Å². The highest BCUT2D eigenvalue weighted by atomic mass is 79.9. The molecule has 0 saturated heterocycles. The summed E-state index contributed by atoms with van der Waals surface area (Å²) in [5.41, 5.74) is 1.45. The van der Waals surface area contributed by atoms with Gasteiger partial charge in [-0.15, -0.1) is 0 Å². The van der Waals surface area contributed by atoms with Gasteiger partial charge >= 0.3 is 5.97 Å². The molecule has 0 saturated carbocycles. The van der Waals surface area contributed by atoms with Crippen LogP contribution in [0.5, 0.6) is 0 Å². The van der Waals surface area contributed by atoms with Gasteiger partial charge in [-0.2, -0.15) is 5.10 Å². The summed E-state index contributed by atoms with van der Waals surface area (Å²) in [5, 5.41) is 13.4. The molecule has 0 atom stereocenters. The highest BCUT2D eigenvalue weighted by molar-refractivity contribution is 9.10. The van der Waals surface area contributed by atoms with E-state index in [0.717, 1.165) is 5.69 Å². The van der Waals surface area contributed by atoms with Crippen LogP contribution in [0.1, 0.15) is 16.2 Å². The largest absolute Gasteiger partial charge is 0.476 e. The van der Waals surface area contributed by atoms with Gasteiger partial charge in [-0.3, -0.25) is 0 Å². The maximum Gasteiger partial charge on any atom is 0.356 e. The summed E-state index contributed by atoms with van der Waals surface area (Å²) in [4.78, 5) is 10.8. The second-order valence-electron chi connectivity index (χ2n) is 3.46. The monoisotopic (exact) mass is 314 g/mol. The van der Waals surface area contributed by atoms with Crippen LogP contribution in [0.2, 0.25) is 5.02 Å². The fourth-order valence-corrected chi connectivity index (χ4v) is 2.08. The molecule has 17 heavy (non-hydrogen) atoms. The van der Waals surface area contributed by atoms with E-state index in [4.69, 9.17) is 16.7 Å². The number of nitrogens with zero attached hydrogens (tertiary/aromatic N) is 2. The maximum absolute atomic E-state index is 10.8. The first-order valence-electron chi connectivity index (χ1n) is 4.75. The molecule has 1 aromatic carbocycles. The first-order valence-corrected chi connectivity index (χ1v) is 5.92. The summed E-state index contributed by atoms with van der Waals surface area (Å²) in [6.45, 7) is 1.78. The molecule has 88 valence electrons. The second kappa shape index (κ2) is 4.50. The van der Waals surface area contributed by atoms with Crippen molar-refractivity contribution in [1.29, 1.82) is 0 Å². The number of aryl methyl sites for hydroxylation is 1. The third-order valence-corrected chi connectivity index (χ3v) is 3.64. The Morgan fingerprint density at radius 2 is 2.24 bits per heavy atom. The van der Waals surface area contributed by atoms with E-state index in [1.165, 1.54) is 6.07 Å². The average Bonchev–Trinajstić information content (AvgIpc) is 2.65. The van der Waals surface area contributed by atoms with E-state index < -0.39 is 5.97 Å². The fourth-order valence-electron chi connectivity index (χ4n) is 1.48. The van der Waals surface area contributed by atoms with Crippen LogP contribution >= 0.6 is 27.5 Å². The molecule has 1 heterocycles. The SMILES string of the molecule is Cc1cc(C(=O)O)nn1-c1cccc(Cl)c1Br. The second-order valence-corrected chi connectivity index (χ2v) is 4.66. The minimum absolute atomic E-state index is 0.00868.